The number of piperidine rings is 1. The van der Waals surface area contributed by atoms with Crippen LogP contribution in [0.2, 0.25) is 0 Å². The van der Waals surface area contributed by atoms with Crippen LogP contribution >= 0.6 is 11.3 Å². The molecule has 1 aliphatic heterocycles. The molecule has 1 aromatic carbocycles. The third-order valence-corrected chi connectivity index (χ3v) is 5.05. The number of nitrogens with one attached hydrogen (secondary N) is 2. The van der Waals surface area contributed by atoms with Gasteiger partial charge >= 0.3 is 6.03 Å². The Morgan fingerprint density at radius 3 is 2.54 bits per heavy atom. The minimum atomic E-state index is -0.512. The highest BCUT2D eigenvalue weighted by atomic mass is 32.1. The number of likely N-dealkylation sites (tertiary alicyclic amines) is 1. The number of carbonyl (C=O) groups excluding carboxylic acids is 3. The minimum Gasteiger partial charge on any atom is -0.366 e. The topological polar surface area (TPSA) is 105 Å². The smallest absolute Gasteiger partial charge is 0.322 e. The van der Waals surface area contributed by atoms with E-state index < -0.39 is 5.91 Å². The lowest BCUT2D eigenvalue weighted by Crippen LogP contribution is -2.45. The molecule has 2 aromatic rings. The van der Waals surface area contributed by atoms with E-state index in [0.29, 0.717) is 24.3 Å². The van der Waals surface area contributed by atoms with Gasteiger partial charge in [-0.25, -0.2) is 4.79 Å². The largest absolute Gasteiger partial charge is 0.366 e. The fourth-order valence-corrected chi connectivity index (χ4v) is 3.48. The zero-order chi connectivity index (χ0) is 18.5. The van der Waals surface area contributed by atoms with E-state index in [1.54, 1.807) is 29.2 Å². The summed E-state index contributed by atoms with van der Waals surface area (Å²) >= 11 is 1.46. The van der Waals surface area contributed by atoms with Crippen molar-refractivity contribution in [1.29, 1.82) is 0 Å². The van der Waals surface area contributed by atoms with Crippen LogP contribution in [-0.4, -0.2) is 35.8 Å². The number of hydrogen-bond donors (Lipinski definition) is 3. The van der Waals surface area contributed by atoms with Crippen molar-refractivity contribution in [2.45, 2.75) is 12.8 Å². The van der Waals surface area contributed by atoms with Gasteiger partial charge in [0.15, 0.2) is 0 Å². The first-order valence-electron chi connectivity index (χ1n) is 8.33. The van der Waals surface area contributed by atoms with Crippen molar-refractivity contribution in [3.05, 3.63) is 47.3 Å². The van der Waals surface area contributed by atoms with Gasteiger partial charge in [0, 0.05) is 24.3 Å². The zero-order valence-electron chi connectivity index (χ0n) is 14.1. The van der Waals surface area contributed by atoms with Crippen LogP contribution in [0.4, 0.5) is 15.5 Å². The van der Waals surface area contributed by atoms with Crippen LogP contribution in [0.5, 0.6) is 0 Å². The SMILES string of the molecule is NC(=O)c1ccc(NC(=O)C2CCCN(C(=O)Nc3cccs3)C2)cc1. The molecule has 8 heteroatoms. The quantitative estimate of drug-likeness (QED) is 0.768. The van der Waals surface area contributed by atoms with Gasteiger partial charge in [-0.3, -0.25) is 14.9 Å². The molecule has 1 fully saturated rings. The second-order valence-electron chi connectivity index (χ2n) is 6.12. The van der Waals surface area contributed by atoms with E-state index in [4.69, 9.17) is 5.73 Å². The Morgan fingerprint density at radius 1 is 1.12 bits per heavy atom. The number of nitrogens with zero attached hydrogens (tertiary/aromatic N) is 1. The third-order valence-electron chi connectivity index (χ3n) is 4.27. The average molecular weight is 372 g/mol. The second-order valence-corrected chi connectivity index (χ2v) is 7.07. The van der Waals surface area contributed by atoms with Gasteiger partial charge in [0.05, 0.1) is 10.9 Å². The maximum absolute atomic E-state index is 12.5. The van der Waals surface area contributed by atoms with Crippen molar-refractivity contribution in [3.8, 4) is 0 Å². The van der Waals surface area contributed by atoms with Crippen LogP contribution in [0.25, 0.3) is 0 Å². The fraction of sp³-hybridized carbons (Fsp3) is 0.278. The predicted octanol–water partition coefficient (Wildman–Crippen LogP) is 2.73. The number of benzene rings is 1. The van der Waals surface area contributed by atoms with Crippen LogP contribution in [0.3, 0.4) is 0 Å². The van der Waals surface area contributed by atoms with Crippen molar-refractivity contribution in [2.75, 3.05) is 23.7 Å². The molecule has 0 saturated carbocycles. The summed E-state index contributed by atoms with van der Waals surface area (Å²) < 4.78 is 0. The molecule has 136 valence electrons. The van der Waals surface area contributed by atoms with Crippen molar-refractivity contribution >= 4 is 39.9 Å². The van der Waals surface area contributed by atoms with Crippen LogP contribution in [0.15, 0.2) is 41.8 Å². The molecule has 1 atom stereocenters. The maximum atomic E-state index is 12.5. The third kappa shape index (κ3) is 4.40. The number of urea groups is 1. The first-order chi connectivity index (χ1) is 12.5. The molecule has 1 unspecified atom stereocenters. The second kappa shape index (κ2) is 8.01. The Kier molecular flexibility index (Phi) is 5.52. The Bertz CT molecular complexity index is 789. The van der Waals surface area contributed by atoms with Gasteiger partial charge in [-0.2, -0.15) is 0 Å². The summed E-state index contributed by atoms with van der Waals surface area (Å²) in [5.74, 6) is -0.915. The Balaban J connectivity index is 1.57. The number of thiophene rings is 1. The maximum Gasteiger partial charge on any atom is 0.322 e. The Labute approximate surface area is 155 Å². The molecule has 1 aromatic heterocycles. The highest BCUT2D eigenvalue weighted by Gasteiger charge is 2.28. The Morgan fingerprint density at radius 2 is 1.88 bits per heavy atom. The number of rotatable bonds is 4. The molecular weight excluding hydrogens is 352 g/mol. The minimum absolute atomic E-state index is 0.134. The van der Waals surface area contributed by atoms with Gasteiger partial charge in [-0.1, -0.05) is 0 Å². The number of carbonyl (C=O) groups is 3. The summed E-state index contributed by atoms with van der Waals surface area (Å²) in [7, 11) is 0. The lowest BCUT2D eigenvalue weighted by atomic mass is 9.97. The van der Waals surface area contributed by atoms with Crippen molar-refractivity contribution < 1.29 is 14.4 Å². The highest BCUT2D eigenvalue weighted by molar-refractivity contribution is 7.14. The standard InChI is InChI=1S/C18H20N4O3S/c19-16(23)12-5-7-14(8-6-12)20-17(24)13-3-1-9-22(11-13)18(25)21-15-4-2-10-26-15/h2,4-8,10,13H,1,3,9,11H2,(H2,19,23)(H,20,24)(H,21,25). The van der Waals surface area contributed by atoms with Crippen LogP contribution < -0.4 is 16.4 Å². The molecule has 3 rings (SSSR count). The summed E-state index contributed by atoms with van der Waals surface area (Å²) in [5.41, 5.74) is 6.19. The first-order valence-corrected chi connectivity index (χ1v) is 9.21. The van der Waals surface area contributed by atoms with Gasteiger partial charge in [0.25, 0.3) is 0 Å². The molecule has 2 heterocycles. The normalized spacial score (nSPS) is 16.8. The van der Waals surface area contributed by atoms with Gasteiger partial charge in [-0.05, 0) is 54.6 Å². The fourth-order valence-electron chi connectivity index (χ4n) is 2.87. The summed E-state index contributed by atoms with van der Waals surface area (Å²) in [6.45, 7) is 1.01. The van der Waals surface area contributed by atoms with E-state index in [2.05, 4.69) is 10.6 Å². The molecule has 7 nitrogen and oxygen atoms in total. The van der Waals surface area contributed by atoms with E-state index in [1.165, 1.54) is 11.3 Å². The van der Waals surface area contributed by atoms with E-state index in [1.807, 2.05) is 17.5 Å². The molecule has 1 saturated heterocycles. The van der Waals surface area contributed by atoms with E-state index in [9.17, 15) is 14.4 Å². The summed E-state index contributed by atoms with van der Waals surface area (Å²) in [6.07, 6.45) is 1.50. The lowest BCUT2D eigenvalue weighted by Gasteiger charge is -2.31. The number of hydrogen-bond acceptors (Lipinski definition) is 4. The monoisotopic (exact) mass is 372 g/mol. The molecule has 0 aliphatic carbocycles. The molecule has 0 bridgehead atoms. The van der Waals surface area contributed by atoms with E-state index in [-0.39, 0.29) is 17.9 Å². The van der Waals surface area contributed by atoms with E-state index >= 15 is 0 Å². The molecule has 0 radical (unpaired) electrons. The number of nitrogens with two attached hydrogens (primary N) is 1. The van der Waals surface area contributed by atoms with Crippen molar-refractivity contribution in [1.82, 2.24) is 4.90 Å². The summed E-state index contributed by atoms with van der Waals surface area (Å²) in [4.78, 5) is 37.6. The first kappa shape index (κ1) is 17.9. The predicted molar refractivity (Wildman–Crippen MR) is 101 cm³/mol. The Hall–Kier alpha value is -2.87. The van der Waals surface area contributed by atoms with Crippen LogP contribution in [-0.2, 0) is 4.79 Å². The van der Waals surface area contributed by atoms with Crippen molar-refractivity contribution in [2.24, 2.45) is 11.7 Å². The molecule has 0 spiro atoms. The van der Waals surface area contributed by atoms with E-state index in [0.717, 1.165) is 17.8 Å². The summed E-state index contributed by atoms with van der Waals surface area (Å²) in [5, 5.41) is 8.37. The summed E-state index contributed by atoms with van der Waals surface area (Å²) in [6, 6.07) is 9.95. The molecule has 4 N–H and O–H groups in total. The van der Waals surface area contributed by atoms with Crippen LogP contribution in [0, 0.1) is 5.92 Å². The van der Waals surface area contributed by atoms with Crippen LogP contribution in [0.1, 0.15) is 23.2 Å². The number of amides is 4. The highest BCUT2D eigenvalue weighted by Crippen LogP contribution is 2.21. The molecule has 4 amide bonds. The van der Waals surface area contributed by atoms with Gasteiger partial charge in [0.1, 0.15) is 0 Å². The molecule has 26 heavy (non-hydrogen) atoms. The zero-order valence-corrected chi connectivity index (χ0v) is 14.9. The molecule has 1 aliphatic rings. The number of anilines is 2. The van der Waals surface area contributed by atoms with Gasteiger partial charge in [-0.15, -0.1) is 11.3 Å². The average Bonchev–Trinajstić information content (AvgIpc) is 3.15. The van der Waals surface area contributed by atoms with Gasteiger partial charge in [0.2, 0.25) is 11.8 Å². The number of primary amides is 1. The lowest BCUT2D eigenvalue weighted by molar-refractivity contribution is -0.121. The van der Waals surface area contributed by atoms with Crippen molar-refractivity contribution in [3.63, 3.8) is 0 Å². The van der Waals surface area contributed by atoms with Gasteiger partial charge < -0.3 is 16.0 Å². The molecular formula is C18H20N4O3S.